The van der Waals surface area contributed by atoms with Crippen LogP contribution in [0.5, 0.6) is 0 Å². The Morgan fingerprint density at radius 1 is 1.48 bits per heavy atom. The molecule has 0 aliphatic carbocycles. The average Bonchev–Trinajstić information content (AvgIpc) is 2.47. The number of nitrogens with zero attached hydrogens (tertiary/aromatic N) is 3. The molecule has 0 amide bonds. The van der Waals surface area contributed by atoms with Crippen molar-refractivity contribution in [3.63, 3.8) is 0 Å². The van der Waals surface area contributed by atoms with Crippen molar-refractivity contribution >= 4 is 17.1 Å². The van der Waals surface area contributed by atoms with Crippen molar-refractivity contribution in [1.82, 2.24) is 4.90 Å². The van der Waals surface area contributed by atoms with Gasteiger partial charge in [0.05, 0.1) is 4.92 Å². The molecular formula is C15H24N4O2. The molecule has 6 nitrogen and oxygen atoms in total. The molecule has 0 radical (unpaired) electrons. The lowest BCUT2D eigenvalue weighted by Gasteiger charge is -2.37. The Balaban J connectivity index is 2.34. The first-order chi connectivity index (χ1) is 10.0. The van der Waals surface area contributed by atoms with Crippen LogP contribution in [0.1, 0.15) is 19.8 Å². The molecule has 0 spiro atoms. The van der Waals surface area contributed by atoms with E-state index in [0.29, 0.717) is 18.3 Å². The molecule has 0 aromatic heterocycles. The fourth-order valence-corrected chi connectivity index (χ4v) is 2.91. The van der Waals surface area contributed by atoms with Crippen LogP contribution >= 0.6 is 0 Å². The third-order valence-electron chi connectivity index (χ3n) is 4.03. The predicted octanol–water partition coefficient (Wildman–Crippen LogP) is 2.56. The molecule has 1 saturated heterocycles. The molecule has 1 fully saturated rings. The van der Waals surface area contributed by atoms with Crippen LogP contribution in [-0.4, -0.2) is 49.6 Å². The summed E-state index contributed by atoms with van der Waals surface area (Å²) >= 11 is 0. The van der Waals surface area contributed by atoms with Gasteiger partial charge in [-0.15, -0.1) is 0 Å². The molecule has 1 aromatic rings. The third kappa shape index (κ3) is 3.44. The molecule has 0 saturated carbocycles. The molecule has 6 heteroatoms. The standard InChI is InChI=1S/C15H24N4O2/c1-4-16-13-8-5-9-14(15(13)19(20)21)18-10-6-7-12(11-18)17(2)3/h5,8-9,12,16H,4,6-7,10-11H2,1-3H3. The molecule has 1 unspecified atom stereocenters. The van der Waals surface area contributed by atoms with Crippen molar-refractivity contribution in [3.05, 3.63) is 28.3 Å². The molecule has 1 heterocycles. The van der Waals surface area contributed by atoms with E-state index >= 15 is 0 Å². The van der Waals surface area contributed by atoms with Crippen LogP contribution in [0.25, 0.3) is 0 Å². The third-order valence-corrected chi connectivity index (χ3v) is 4.03. The van der Waals surface area contributed by atoms with Gasteiger partial charge in [0.1, 0.15) is 11.4 Å². The zero-order valence-corrected chi connectivity index (χ0v) is 13.0. The first-order valence-electron chi connectivity index (χ1n) is 7.47. The van der Waals surface area contributed by atoms with E-state index in [2.05, 4.69) is 29.2 Å². The van der Waals surface area contributed by atoms with Crippen LogP contribution in [0.3, 0.4) is 0 Å². The van der Waals surface area contributed by atoms with Crippen molar-refractivity contribution in [2.24, 2.45) is 0 Å². The number of rotatable bonds is 5. The molecule has 1 aliphatic heterocycles. The van der Waals surface area contributed by atoms with E-state index in [1.165, 1.54) is 0 Å². The molecule has 2 rings (SSSR count). The molecule has 1 N–H and O–H groups in total. The lowest BCUT2D eigenvalue weighted by Crippen LogP contribution is -2.45. The summed E-state index contributed by atoms with van der Waals surface area (Å²) in [4.78, 5) is 15.6. The van der Waals surface area contributed by atoms with Gasteiger partial charge in [-0.05, 0) is 46.0 Å². The Morgan fingerprint density at radius 3 is 2.86 bits per heavy atom. The summed E-state index contributed by atoms with van der Waals surface area (Å²) in [5.41, 5.74) is 1.52. The van der Waals surface area contributed by atoms with Crippen molar-refractivity contribution in [2.75, 3.05) is 43.9 Å². The Morgan fingerprint density at radius 2 is 2.24 bits per heavy atom. The minimum absolute atomic E-state index is 0.193. The second kappa shape index (κ2) is 6.76. The number of hydrogen-bond donors (Lipinski definition) is 1. The lowest BCUT2D eigenvalue weighted by molar-refractivity contribution is -0.383. The lowest BCUT2D eigenvalue weighted by atomic mass is 10.0. The van der Waals surface area contributed by atoms with E-state index in [4.69, 9.17) is 0 Å². The molecule has 1 atom stereocenters. The smallest absolute Gasteiger partial charge is 0.315 e. The summed E-state index contributed by atoms with van der Waals surface area (Å²) in [6, 6.07) is 5.97. The van der Waals surface area contributed by atoms with Gasteiger partial charge in [-0.25, -0.2) is 0 Å². The number of nitro benzene ring substituents is 1. The van der Waals surface area contributed by atoms with Crippen LogP contribution in [0.4, 0.5) is 17.1 Å². The van der Waals surface area contributed by atoms with Crippen LogP contribution in [-0.2, 0) is 0 Å². The number of anilines is 2. The number of para-hydroxylation sites is 1. The van der Waals surface area contributed by atoms with Gasteiger partial charge in [-0.3, -0.25) is 10.1 Å². The molecule has 0 bridgehead atoms. The van der Waals surface area contributed by atoms with Crippen LogP contribution in [0.2, 0.25) is 0 Å². The molecule has 1 aromatic carbocycles. The fourth-order valence-electron chi connectivity index (χ4n) is 2.91. The number of likely N-dealkylation sites (N-methyl/N-ethyl adjacent to an activating group) is 1. The zero-order valence-electron chi connectivity index (χ0n) is 13.0. The van der Waals surface area contributed by atoms with Crippen LogP contribution < -0.4 is 10.2 Å². The van der Waals surface area contributed by atoms with Crippen LogP contribution in [0, 0.1) is 10.1 Å². The zero-order chi connectivity index (χ0) is 15.4. The maximum atomic E-state index is 11.5. The van der Waals surface area contributed by atoms with Gasteiger partial charge in [0, 0.05) is 25.7 Å². The Labute approximate surface area is 125 Å². The fraction of sp³-hybridized carbons (Fsp3) is 0.600. The Kier molecular flexibility index (Phi) is 5.01. The molecule has 1 aliphatic rings. The normalized spacial score (nSPS) is 18.9. The molecule has 116 valence electrons. The second-order valence-electron chi connectivity index (χ2n) is 5.67. The highest BCUT2D eigenvalue weighted by molar-refractivity contribution is 5.77. The monoisotopic (exact) mass is 292 g/mol. The number of piperidine rings is 1. The Hall–Kier alpha value is -1.82. The van der Waals surface area contributed by atoms with Gasteiger partial charge in [0.2, 0.25) is 0 Å². The van der Waals surface area contributed by atoms with Crippen LogP contribution in [0.15, 0.2) is 18.2 Å². The van der Waals surface area contributed by atoms with Crippen molar-refractivity contribution in [3.8, 4) is 0 Å². The number of benzene rings is 1. The number of hydrogen-bond acceptors (Lipinski definition) is 5. The number of nitro groups is 1. The summed E-state index contributed by atoms with van der Waals surface area (Å²) in [7, 11) is 4.13. The van der Waals surface area contributed by atoms with E-state index in [1.807, 2.05) is 19.1 Å². The highest BCUT2D eigenvalue weighted by atomic mass is 16.6. The maximum Gasteiger partial charge on any atom is 0.315 e. The van der Waals surface area contributed by atoms with E-state index < -0.39 is 0 Å². The summed E-state index contributed by atoms with van der Waals surface area (Å²) in [6.45, 7) is 4.33. The molecule has 21 heavy (non-hydrogen) atoms. The predicted molar refractivity (Wildman–Crippen MR) is 86.2 cm³/mol. The quantitative estimate of drug-likeness (QED) is 0.667. The van der Waals surface area contributed by atoms with Gasteiger partial charge in [0.25, 0.3) is 0 Å². The van der Waals surface area contributed by atoms with Gasteiger partial charge in [-0.2, -0.15) is 0 Å². The first-order valence-corrected chi connectivity index (χ1v) is 7.47. The minimum atomic E-state index is -0.271. The summed E-state index contributed by atoms with van der Waals surface area (Å²) < 4.78 is 0. The highest BCUT2D eigenvalue weighted by Crippen LogP contribution is 2.36. The summed E-state index contributed by atoms with van der Waals surface area (Å²) in [6.07, 6.45) is 2.20. The SMILES string of the molecule is CCNc1cccc(N2CCCC(N(C)C)C2)c1[N+](=O)[O-]. The van der Waals surface area contributed by atoms with Gasteiger partial charge in [-0.1, -0.05) is 6.07 Å². The van der Waals surface area contributed by atoms with Crippen molar-refractivity contribution in [1.29, 1.82) is 0 Å². The number of nitrogens with one attached hydrogen (secondary N) is 1. The van der Waals surface area contributed by atoms with E-state index in [1.54, 1.807) is 6.07 Å². The maximum absolute atomic E-state index is 11.5. The van der Waals surface area contributed by atoms with Gasteiger partial charge >= 0.3 is 5.69 Å². The second-order valence-corrected chi connectivity index (χ2v) is 5.67. The summed E-state index contributed by atoms with van der Waals surface area (Å²) in [5.74, 6) is 0. The van der Waals surface area contributed by atoms with E-state index in [-0.39, 0.29) is 10.6 Å². The van der Waals surface area contributed by atoms with E-state index in [9.17, 15) is 10.1 Å². The highest BCUT2D eigenvalue weighted by Gasteiger charge is 2.28. The van der Waals surface area contributed by atoms with Crippen molar-refractivity contribution < 1.29 is 4.92 Å². The molecular weight excluding hydrogens is 268 g/mol. The van der Waals surface area contributed by atoms with E-state index in [0.717, 1.165) is 31.6 Å². The average molecular weight is 292 g/mol. The van der Waals surface area contributed by atoms with Gasteiger partial charge in [0.15, 0.2) is 0 Å². The van der Waals surface area contributed by atoms with Gasteiger partial charge < -0.3 is 15.1 Å². The topological polar surface area (TPSA) is 61.6 Å². The minimum Gasteiger partial charge on any atom is -0.380 e. The summed E-state index contributed by atoms with van der Waals surface area (Å²) in [5, 5.41) is 14.6. The first kappa shape index (κ1) is 15.6. The Bertz CT molecular complexity index is 504. The largest absolute Gasteiger partial charge is 0.380 e. The van der Waals surface area contributed by atoms with Crippen molar-refractivity contribution in [2.45, 2.75) is 25.8 Å².